The molecule has 0 saturated heterocycles. The summed E-state index contributed by atoms with van der Waals surface area (Å²) in [6, 6.07) is -0.199. The molecule has 0 saturated carbocycles. The molecule has 0 spiro atoms. The van der Waals surface area contributed by atoms with Crippen molar-refractivity contribution in [3.05, 3.63) is 0 Å². The van der Waals surface area contributed by atoms with Gasteiger partial charge in [0.2, 0.25) is 0 Å². The van der Waals surface area contributed by atoms with Crippen LogP contribution in [0.3, 0.4) is 0 Å². The second kappa shape index (κ2) is 7.05. The Balaban J connectivity index is 4.07. The van der Waals surface area contributed by atoms with E-state index in [9.17, 15) is 4.79 Å². The van der Waals surface area contributed by atoms with Gasteiger partial charge in [-0.1, -0.05) is 20.8 Å². The number of carbonyl (C=O) groups excluding carboxylic acids is 1. The summed E-state index contributed by atoms with van der Waals surface area (Å²) in [5.74, 6) is -0.239. The number of nitrogens with two attached hydrogens (primary N) is 1. The summed E-state index contributed by atoms with van der Waals surface area (Å²) in [5, 5.41) is 0.197. The Kier molecular flexibility index (Phi) is 6.91. The van der Waals surface area contributed by atoms with Crippen molar-refractivity contribution < 1.29 is 14.0 Å². The van der Waals surface area contributed by atoms with Crippen LogP contribution in [0.4, 0.5) is 0 Å². The lowest BCUT2D eigenvalue weighted by Gasteiger charge is -2.36. The molecule has 2 N–H and O–H groups in total. The molecule has 0 aliphatic heterocycles. The number of ether oxygens (including phenoxy) is 1. The van der Waals surface area contributed by atoms with Crippen molar-refractivity contribution in [3.63, 3.8) is 0 Å². The van der Waals surface area contributed by atoms with Crippen LogP contribution in [0.2, 0.25) is 18.1 Å². The zero-order valence-corrected chi connectivity index (χ0v) is 15.5. The lowest BCUT2D eigenvalue weighted by Crippen LogP contribution is -2.41. The first kappa shape index (κ1) is 19.6. The number of hydrogen-bond acceptors (Lipinski definition) is 4. The molecule has 0 aromatic rings. The highest BCUT2D eigenvalue weighted by molar-refractivity contribution is 6.74. The molecule has 120 valence electrons. The lowest BCUT2D eigenvalue weighted by molar-refractivity contribution is -0.155. The Hall–Kier alpha value is -0.393. The summed E-state index contributed by atoms with van der Waals surface area (Å²) < 4.78 is 11.3. The molecule has 0 aliphatic rings. The first-order chi connectivity index (χ1) is 8.74. The molecule has 0 radical (unpaired) electrons. The fourth-order valence-corrected chi connectivity index (χ4v) is 2.44. The number of rotatable bonds is 6. The molecule has 0 bridgehead atoms. The summed E-state index contributed by atoms with van der Waals surface area (Å²) in [5.41, 5.74) is 5.52. The highest BCUT2D eigenvalue weighted by Crippen LogP contribution is 2.36. The average molecular weight is 304 g/mol. The summed E-state index contributed by atoms with van der Waals surface area (Å²) in [4.78, 5) is 11.7. The number of esters is 1. The van der Waals surface area contributed by atoms with E-state index in [1.807, 2.05) is 20.8 Å². The summed E-state index contributed by atoms with van der Waals surface area (Å²) >= 11 is 0. The van der Waals surface area contributed by atoms with Gasteiger partial charge in [-0.25, -0.2) is 0 Å². The molecule has 0 fully saturated rings. The predicted molar refractivity (Wildman–Crippen MR) is 86.2 cm³/mol. The minimum Gasteiger partial charge on any atom is -0.460 e. The van der Waals surface area contributed by atoms with E-state index in [-0.39, 0.29) is 23.5 Å². The molecule has 0 aromatic carbocycles. The summed E-state index contributed by atoms with van der Waals surface area (Å²) in [6.45, 7) is 17.2. The highest BCUT2D eigenvalue weighted by Gasteiger charge is 2.37. The molecule has 4 nitrogen and oxygen atoms in total. The SMILES string of the molecule is CC(C)(C)OC(=O)CC(N)CCO[Si](C)(C)C(C)(C)C. The molecule has 1 unspecified atom stereocenters. The van der Waals surface area contributed by atoms with E-state index in [2.05, 4.69) is 33.9 Å². The van der Waals surface area contributed by atoms with Gasteiger partial charge in [0, 0.05) is 12.6 Å². The van der Waals surface area contributed by atoms with Gasteiger partial charge in [0.15, 0.2) is 8.32 Å². The second-order valence-corrected chi connectivity index (χ2v) is 12.8. The van der Waals surface area contributed by atoms with E-state index in [4.69, 9.17) is 14.9 Å². The zero-order chi connectivity index (χ0) is 16.2. The highest BCUT2D eigenvalue weighted by atomic mass is 28.4. The Labute approximate surface area is 125 Å². The maximum atomic E-state index is 11.7. The molecule has 0 amide bonds. The molecule has 0 aliphatic carbocycles. The first-order valence-corrected chi connectivity index (χ1v) is 10.3. The third-order valence-electron chi connectivity index (χ3n) is 3.61. The van der Waals surface area contributed by atoms with Gasteiger partial charge in [-0.05, 0) is 45.3 Å². The van der Waals surface area contributed by atoms with Crippen LogP contribution in [0.25, 0.3) is 0 Å². The Morgan fingerprint density at radius 3 is 2.05 bits per heavy atom. The summed E-state index contributed by atoms with van der Waals surface area (Å²) in [6.07, 6.45) is 0.934. The Morgan fingerprint density at radius 2 is 1.65 bits per heavy atom. The van der Waals surface area contributed by atoms with Crippen molar-refractivity contribution in [2.24, 2.45) is 5.73 Å². The number of hydrogen-bond donors (Lipinski definition) is 1. The van der Waals surface area contributed by atoms with Crippen LogP contribution in [-0.2, 0) is 14.0 Å². The van der Waals surface area contributed by atoms with Gasteiger partial charge in [-0.2, -0.15) is 0 Å². The molecule has 0 aromatic heterocycles. The molecule has 1 atom stereocenters. The van der Waals surface area contributed by atoms with Crippen LogP contribution in [-0.4, -0.2) is 32.5 Å². The van der Waals surface area contributed by atoms with Crippen LogP contribution in [0.15, 0.2) is 0 Å². The quantitative estimate of drug-likeness (QED) is 0.603. The lowest BCUT2D eigenvalue weighted by atomic mass is 10.1. The molecular formula is C15H33NO3Si. The van der Waals surface area contributed by atoms with Crippen molar-refractivity contribution in [2.45, 2.75) is 84.2 Å². The van der Waals surface area contributed by atoms with E-state index in [1.165, 1.54) is 0 Å². The van der Waals surface area contributed by atoms with Crippen LogP contribution < -0.4 is 5.73 Å². The normalized spacial score (nSPS) is 15.1. The van der Waals surface area contributed by atoms with Crippen molar-refractivity contribution in [1.29, 1.82) is 0 Å². The molecule has 20 heavy (non-hydrogen) atoms. The topological polar surface area (TPSA) is 61.5 Å². The minimum atomic E-state index is -1.72. The van der Waals surface area contributed by atoms with Crippen molar-refractivity contribution in [3.8, 4) is 0 Å². The smallest absolute Gasteiger partial charge is 0.307 e. The van der Waals surface area contributed by atoms with Gasteiger partial charge in [0.1, 0.15) is 5.60 Å². The minimum absolute atomic E-state index is 0.197. The van der Waals surface area contributed by atoms with Gasteiger partial charge in [-0.15, -0.1) is 0 Å². The van der Waals surface area contributed by atoms with Gasteiger partial charge in [0.05, 0.1) is 6.42 Å². The van der Waals surface area contributed by atoms with Crippen LogP contribution in [0.5, 0.6) is 0 Å². The largest absolute Gasteiger partial charge is 0.460 e. The average Bonchev–Trinajstić information content (AvgIpc) is 2.11. The van der Waals surface area contributed by atoms with E-state index in [0.29, 0.717) is 13.0 Å². The fourth-order valence-electron chi connectivity index (χ4n) is 1.38. The maximum Gasteiger partial charge on any atom is 0.307 e. The van der Waals surface area contributed by atoms with Gasteiger partial charge in [0.25, 0.3) is 0 Å². The third kappa shape index (κ3) is 8.02. The second-order valence-electron chi connectivity index (χ2n) is 7.95. The van der Waals surface area contributed by atoms with Crippen LogP contribution in [0.1, 0.15) is 54.4 Å². The summed E-state index contributed by atoms with van der Waals surface area (Å²) in [7, 11) is -1.72. The molecule has 5 heteroatoms. The van der Waals surface area contributed by atoms with E-state index >= 15 is 0 Å². The van der Waals surface area contributed by atoms with Crippen LogP contribution >= 0.6 is 0 Å². The molecular weight excluding hydrogens is 270 g/mol. The van der Waals surface area contributed by atoms with E-state index < -0.39 is 13.9 Å². The van der Waals surface area contributed by atoms with Gasteiger partial charge >= 0.3 is 5.97 Å². The number of carbonyl (C=O) groups is 1. The van der Waals surface area contributed by atoms with Crippen molar-refractivity contribution in [1.82, 2.24) is 0 Å². The van der Waals surface area contributed by atoms with E-state index in [0.717, 1.165) is 0 Å². The van der Waals surface area contributed by atoms with Crippen molar-refractivity contribution >= 4 is 14.3 Å². The standard InChI is InChI=1S/C15H33NO3Si/c1-14(2,3)19-13(17)11-12(16)9-10-18-20(7,8)15(4,5)6/h12H,9-11,16H2,1-8H3. The molecule has 0 rings (SSSR count). The maximum absolute atomic E-state index is 11.7. The van der Waals surface area contributed by atoms with Gasteiger partial charge < -0.3 is 14.9 Å². The fraction of sp³-hybridized carbons (Fsp3) is 0.933. The van der Waals surface area contributed by atoms with Crippen LogP contribution in [0, 0.1) is 0 Å². The predicted octanol–water partition coefficient (Wildman–Crippen LogP) is 3.46. The monoisotopic (exact) mass is 303 g/mol. The van der Waals surface area contributed by atoms with Crippen molar-refractivity contribution in [2.75, 3.05) is 6.61 Å². The zero-order valence-electron chi connectivity index (χ0n) is 14.5. The Morgan fingerprint density at radius 1 is 1.15 bits per heavy atom. The van der Waals surface area contributed by atoms with E-state index in [1.54, 1.807) is 0 Å². The first-order valence-electron chi connectivity index (χ1n) is 7.36. The van der Waals surface area contributed by atoms with Gasteiger partial charge in [-0.3, -0.25) is 4.79 Å². The third-order valence-corrected chi connectivity index (χ3v) is 8.14. The molecule has 0 heterocycles. The Bertz CT molecular complexity index is 316.